The van der Waals surface area contributed by atoms with Gasteiger partial charge in [-0.1, -0.05) is 56.4 Å². The molecule has 1 saturated carbocycles. The van der Waals surface area contributed by atoms with Gasteiger partial charge in [0.2, 0.25) is 5.91 Å². The van der Waals surface area contributed by atoms with E-state index < -0.39 is 0 Å². The fourth-order valence-electron chi connectivity index (χ4n) is 3.63. The number of hydrogen-bond donors (Lipinski definition) is 3. The molecule has 0 radical (unpaired) electrons. The zero-order chi connectivity index (χ0) is 20.5. The van der Waals surface area contributed by atoms with Crippen molar-refractivity contribution in [3.8, 4) is 0 Å². The maximum atomic E-state index is 12.4. The van der Waals surface area contributed by atoms with Crippen LogP contribution in [0.25, 0.3) is 0 Å². The highest BCUT2D eigenvalue weighted by atomic mass is 32.1. The van der Waals surface area contributed by atoms with Crippen molar-refractivity contribution in [1.29, 1.82) is 0 Å². The topological polar surface area (TPSA) is 70.2 Å². The van der Waals surface area contributed by atoms with Gasteiger partial charge in [0.1, 0.15) is 0 Å². The van der Waals surface area contributed by atoms with Gasteiger partial charge in [0.05, 0.1) is 0 Å². The van der Waals surface area contributed by atoms with Crippen molar-refractivity contribution in [2.24, 2.45) is 5.92 Å². The van der Waals surface area contributed by atoms with Gasteiger partial charge in [-0.3, -0.25) is 9.59 Å². The lowest BCUT2D eigenvalue weighted by Gasteiger charge is -2.21. The third-order valence-electron chi connectivity index (χ3n) is 5.17. The highest BCUT2D eigenvalue weighted by Gasteiger charge is 2.15. The van der Waals surface area contributed by atoms with Gasteiger partial charge < -0.3 is 16.0 Å². The van der Waals surface area contributed by atoms with Crippen LogP contribution >= 0.6 is 12.2 Å². The number of hydrogen-bond acceptors (Lipinski definition) is 3. The van der Waals surface area contributed by atoms with Gasteiger partial charge in [-0.15, -0.1) is 0 Å². The van der Waals surface area contributed by atoms with Gasteiger partial charge in [-0.05, 0) is 54.9 Å². The Balaban J connectivity index is 1.48. The number of rotatable bonds is 6. The molecule has 3 N–H and O–H groups in total. The van der Waals surface area contributed by atoms with Gasteiger partial charge in [-0.25, -0.2) is 0 Å². The highest BCUT2D eigenvalue weighted by molar-refractivity contribution is 7.80. The van der Waals surface area contributed by atoms with E-state index >= 15 is 0 Å². The van der Waals surface area contributed by atoms with Crippen LogP contribution in [0.5, 0.6) is 0 Å². The Bertz CT molecular complexity index is 848. The van der Waals surface area contributed by atoms with E-state index in [1.54, 1.807) is 24.3 Å². The second-order valence-electron chi connectivity index (χ2n) is 7.45. The van der Waals surface area contributed by atoms with Crippen molar-refractivity contribution in [2.45, 2.75) is 44.9 Å². The molecule has 6 heteroatoms. The molecular weight excluding hydrogens is 382 g/mol. The van der Waals surface area contributed by atoms with E-state index in [0.717, 1.165) is 12.1 Å². The van der Waals surface area contributed by atoms with E-state index in [1.807, 2.05) is 30.3 Å². The number of amides is 2. The van der Waals surface area contributed by atoms with Crippen molar-refractivity contribution in [2.75, 3.05) is 10.6 Å². The van der Waals surface area contributed by atoms with Gasteiger partial charge in [0, 0.05) is 23.4 Å². The first kappa shape index (κ1) is 21.0. The number of anilines is 2. The molecule has 0 unspecified atom stereocenters. The minimum Gasteiger partial charge on any atom is -0.332 e. The molecule has 3 rings (SSSR count). The summed E-state index contributed by atoms with van der Waals surface area (Å²) in [5.41, 5.74) is 1.89. The monoisotopic (exact) mass is 409 g/mol. The van der Waals surface area contributed by atoms with Crippen molar-refractivity contribution in [3.63, 3.8) is 0 Å². The Morgan fingerprint density at radius 2 is 1.62 bits per heavy atom. The van der Waals surface area contributed by atoms with Crippen LogP contribution in [0.2, 0.25) is 0 Å². The SMILES string of the molecule is O=C(CCC1CCCCC1)NC(=S)Nc1cccc(C(=O)Nc2ccccc2)c1. The summed E-state index contributed by atoms with van der Waals surface area (Å²) in [7, 11) is 0. The largest absolute Gasteiger partial charge is 0.332 e. The quantitative estimate of drug-likeness (QED) is 0.580. The van der Waals surface area contributed by atoms with Gasteiger partial charge in [0.25, 0.3) is 5.91 Å². The Morgan fingerprint density at radius 1 is 0.897 bits per heavy atom. The summed E-state index contributed by atoms with van der Waals surface area (Å²) in [6.07, 6.45) is 7.75. The van der Waals surface area contributed by atoms with Crippen LogP contribution in [0.4, 0.5) is 11.4 Å². The molecule has 2 aromatic carbocycles. The minimum absolute atomic E-state index is 0.0638. The van der Waals surface area contributed by atoms with Crippen molar-refractivity contribution in [1.82, 2.24) is 5.32 Å². The van der Waals surface area contributed by atoms with Gasteiger partial charge in [-0.2, -0.15) is 0 Å². The summed E-state index contributed by atoms with van der Waals surface area (Å²) < 4.78 is 0. The van der Waals surface area contributed by atoms with Crippen LogP contribution in [0.1, 0.15) is 55.3 Å². The molecule has 0 saturated heterocycles. The summed E-state index contributed by atoms with van der Waals surface area (Å²) in [5, 5.41) is 8.83. The first-order valence-electron chi connectivity index (χ1n) is 10.2. The predicted molar refractivity (Wildman–Crippen MR) is 121 cm³/mol. The van der Waals surface area contributed by atoms with Gasteiger partial charge in [0.15, 0.2) is 5.11 Å². The number of carbonyl (C=O) groups is 2. The maximum absolute atomic E-state index is 12.4. The number of carbonyl (C=O) groups excluding carboxylic acids is 2. The number of para-hydroxylation sites is 1. The molecule has 0 bridgehead atoms. The normalized spacial score (nSPS) is 14.1. The van der Waals surface area contributed by atoms with E-state index in [1.165, 1.54) is 32.1 Å². The molecule has 0 aromatic heterocycles. The van der Waals surface area contributed by atoms with Crippen LogP contribution in [0.3, 0.4) is 0 Å². The Kier molecular flexibility index (Phi) is 7.76. The molecule has 1 aliphatic rings. The first-order chi connectivity index (χ1) is 14.1. The van der Waals surface area contributed by atoms with Crippen molar-refractivity contribution < 1.29 is 9.59 Å². The molecule has 2 aromatic rings. The van der Waals surface area contributed by atoms with E-state index in [4.69, 9.17) is 12.2 Å². The summed E-state index contributed by atoms with van der Waals surface area (Å²) >= 11 is 5.25. The average molecular weight is 410 g/mol. The standard InChI is InChI=1S/C23H27N3O2S/c27-21(15-14-17-8-3-1-4-9-17)26-23(29)25-20-13-7-10-18(16-20)22(28)24-19-11-5-2-6-12-19/h2,5-7,10-13,16-17H,1,3-4,8-9,14-15H2,(H,24,28)(H2,25,26,27,29). The van der Waals surface area contributed by atoms with E-state index in [0.29, 0.717) is 23.6 Å². The summed E-state index contributed by atoms with van der Waals surface area (Å²) in [4.78, 5) is 24.6. The Morgan fingerprint density at radius 3 is 2.38 bits per heavy atom. The molecule has 0 spiro atoms. The molecule has 1 fully saturated rings. The number of nitrogens with one attached hydrogen (secondary N) is 3. The maximum Gasteiger partial charge on any atom is 0.255 e. The first-order valence-corrected chi connectivity index (χ1v) is 10.6. The second kappa shape index (κ2) is 10.7. The van der Waals surface area contributed by atoms with Crippen LogP contribution in [-0.2, 0) is 4.79 Å². The average Bonchev–Trinajstić information content (AvgIpc) is 2.74. The van der Waals surface area contributed by atoms with Gasteiger partial charge >= 0.3 is 0 Å². The smallest absolute Gasteiger partial charge is 0.255 e. The molecule has 0 aliphatic heterocycles. The van der Waals surface area contributed by atoms with E-state index in [-0.39, 0.29) is 16.9 Å². The van der Waals surface area contributed by atoms with Crippen molar-refractivity contribution >= 4 is 40.5 Å². The molecule has 152 valence electrons. The van der Waals surface area contributed by atoms with Crippen LogP contribution < -0.4 is 16.0 Å². The second-order valence-corrected chi connectivity index (χ2v) is 7.85. The molecule has 5 nitrogen and oxygen atoms in total. The third-order valence-corrected chi connectivity index (χ3v) is 5.38. The summed E-state index contributed by atoms with van der Waals surface area (Å²) in [6.45, 7) is 0. The van der Waals surface area contributed by atoms with E-state index in [2.05, 4.69) is 16.0 Å². The molecule has 0 heterocycles. The van der Waals surface area contributed by atoms with Crippen LogP contribution in [0.15, 0.2) is 54.6 Å². The minimum atomic E-state index is -0.206. The Hall–Kier alpha value is -2.73. The lowest BCUT2D eigenvalue weighted by atomic mass is 9.86. The number of thiocarbonyl (C=S) groups is 1. The predicted octanol–water partition coefficient (Wildman–Crippen LogP) is 5.11. The zero-order valence-electron chi connectivity index (χ0n) is 16.4. The molecule has 2 amide bonds. The fraction of sp³-hybridized carbons (Fsp3) is 0.348. The third kappa shape index (κ3) is 6.98. The number of benzene rings is 2. The van der Waals surface area contributed by atoms with Crippen LogP contribution in [0, 0.1) is 5.92 Å². The molecule has 1 aliphatic carbocycles. The highest BCUT2D eigenvalue weighted by Crippen LogP contribution is 2.27. The molecule has 0 atom stereocenters. The molecule has 29 heavy (non-hydrogen) atoms. The van der Waals surface area contributed by atoms with Crippen LogP contribution in [-0.4, -0.2) is 16.9 Å². The van der Waals surface area contributed by atoms with Crippen molar-refractivity contribution in [3.05, 3.63) is 60.2 Å². The zero-order valence-corrected chi connectivity index (χ0v) is 17.3. The lowest BCUT2D eigenvalue weighted by molar-refractivity contribution is -0.120. The molecular formula is C23H27N3O2S. The lowest BCUT2D eigenvalue weighted by Crippen LogP contribution is -2.34. The summed E-state index contributed by atoms with van der Waals surface area (Å²) in [6, 6.07) is 16.3. The summed E-state index contributed by atoms with van der Waals surface area (Å²) in [5.74, 6) is 0.393. The Labute approximate surface area is 177 Å². The fourth-order valence-corrected chi connectivity index (χ4v) is 3.86. The van der Waals surface area contributed by atoms with E-state index in [9.17, 15) is 9.59 Å².